The van der Waals surface area contributed by atoms with E-state index < -0.39 is 12.1 Å². The van der Waals surface area contributed by atoms with Crippen LogP contribution in [0.3, 0.4) is 0 Å². The quantitative estimate of drug-likeness (QED) is 0.877. The number of halogens is 1. The van der Waals surface area contributed by atoms with Crippen molar-refractivity contribution in [2.45, 2.75) is 31.8 Å². The van der Waals surface area contributed by atoms with E-state index in [-0.39, 0.29) is 0 Å². The Morgan fingerprint density at radius 2 is 2.00 bits per heavy atom. The van der Waals surface area contributed by atoms with Crippen molar-refractivity contribution in [1.29, 1.82) is 0 Å². The van der Waals surface area contributed by atoms with Crippen LogP contribution in [0.2, 0.25) is 0 Å². The van der Waals surface area contributed by atoms with Crippen LogP contribution in [-0.4, -0.2) is 16.2 Å². The summed E-state index contributed by atoms with van der Waals surface area (Å²) < 4.78 is 0.917. The molecule has 0 bridgehead atoms. The third kappa shape index (κ3) is 2.13. The van der Waals surface area contributed by atoms with Crippen LogP contribution in [0, 0.1) is 0 Å². The fraction of sp³-hybridized carbons (Fsp3) is 0.417. The highest BCUT2D eigenvalue weighted by Crippen LogP contribution is 2.31. The molecule has 3 nitrogen and oxygen atoms in total. The number of carboxylic acids is 1. The minimum absolute atomic E-state index is 0.458. The zero-order valence-electron chi connectivity index (χ0n) is 8.74. The number of rotatable bonds is 2. The fourth-order valence-electron chi connectivity index (χ4n) is 2.14. The second kappa shape index (κ2) is 4.55. The maximum atomic E-state index is 10.7. The van der Waals surface area contributed by atoms with Crippen LogP contribution in [0.1, 0.15) is 35.6 Å². The molecule has 0 saturated carbocycles. The van der Waals surface area contributed by atoms with Crippen molar-refractivity contribution >= 4 is 21.9 Å². The maximum absolute atomic E-state index is 10.7. The molecule has 86 valence electrons. The molecule has 1 aromatic rings. The summed E-state index contributed by atoms with van der Waals surface area (Å²) in [6.07, 6.45) is 2.87. The second-order valence-corrected chi connectivity index (χ2v) is 4.94. The molecule has 0 amide bonds. The van der Waals surface area contributed by atoms with E-state index in [1.54, 1.807) is 6.07 Å². The topological polar surface area (TPSA) is 57.5 Å². The second-order valence-electron chi connectivity index (χ2n) is 4.09. The van der Waals surface area contributed by atoms with Crippen LogP contribution in [0.15, 0.2) is 16.6 Å². The van der Waals surface area contributed by atoms with E-state index in [0.29, 0.717) is 5.56 Å². The van der Waals surface area contributed by atoms with Crippen molar-refractivity contribution in [2.24, 2.45) is 0 Å². The Morgan fingerprint density at radius 3 is 2.69 bits per heavy atom. The Hall–Kier alpha value is -0.870. The molecule has 0 radical (unpaired) electrons. The molecule has 0 heterocycles. The van der Waals surface area contributed by atoms with Crippen LogP contribution in [0.25, 0.3) is 0 Å². The van der Waals surface area contributed by atoms with Crippen LogP contribution in [-0.2, 0) is 17.6 Å². The highest BCUT2D eigenvalue weighted by molar-refractivity contribution is 9.10. The van der Waals surface area contributed by atoms with Crippen molar-refractivity contribution in [3.05, 3.63) is 33.3 Å². The molecule has 1 unspecified atom stereocenters. The van der Waals surface area contributed by atoms with Gasteiger partial charge < -0.3 is 10.2 Å². The number of benzene rings is 1. The predicted molar refractivity (Wildman–Crippen MR) is 63.4 cm³/mol. The average molecular weight is 285 g/mol. The number of aliphatic hydroxyl groups excluding tert-OH is 1. The Morgan fingerprint density at radius 1 is 1.31 bits per heavy atom. The molecule has 2 rings (SSSR count). The SMILES string of the molecule is O=C(O)C(O)c1cc(Br)c2c(c1)CCCC2. The van der Waals surface area contributed by atoms with Crippen LogP contribution < -0.4 is 0 Å². The summed E-state index contributed by atoms with van der Waals surface area (Å²) in [7, 11) is 0. The van der Waals surface area contributed by atoms with Gasteiger partial charge in [-0.2, -0.15) is 0 Å². The van der Waals surface area contributed by atoms with E-state index in [1.807, 2.05) is 6.07 Å². The summed E-state index contributed by atoms with van der Waals surface area (Å²) in [5.41, 5.74) is 2.88. The highest BCUT2D eigenvalue weighted by Gasteiger charge is 2.20. The van der Waals surface area contributed by atoms with Gasteiger partial charge in [0.05, 0.1) is 0 Å². The van der Waals surface area contributed by atoms with Gasteiger partial charge in [-0.3, -0.25) is 0 Å². The zero-order valence-corrected chi connectivity index (χ0v) is 10.3. The van der Waals surface area contributed by atoms with Gasteiger partial charge in [-0.15, -0.1) is 0 Å². The van der Waals surface area contributed by atoms with E-state index in [9.17, 15) is 9.90 Å². The monoisotopic (exact) mass is 284 g/mol. The Bertz CT molecular complexity index is 429. The first-order valence-electron chi connectivity index (χ1n) is 5.31. The van der Waals surface area contributed by atoms with Gasteiger partial charge in [-0.05, 0) is 48.4 Å². The summed E-state index contributed by atoms with van der Waals surface area (Å²) in [5.74, 6) is -1.21. The van der Waals surface area contributed by atoms with Crippen LogP contribution in [0.4, 0.5) is 0 Å². The molecule has 0 aliphatic heterocycles. The lowest BCUT2D eigenvalue weighted by Crippen LogP contribution is -2.12. The van der Waals surface area contributed by atoms with E-state index in [4.69, 9.17) is 5.11 Å². The number of carbonyl (C=O) groups is 1. The van der Waals surface area contributed by atoms with Crippen molar-refractivity contribution < 1.29 is 15.0 Å². The van der Waals surface area contributed by atoms with E-state index in [1.165, 1.54) is 12.0 Å². The van der Waals surface area contributed by atoms with Gasteiger partial charge in [0.1, 0.15) is 0 Å². The molecular formula is C12H13BrO3. The summed E-state index contributed by atoms with van der Waals surface area (Å²) in [6.45, 7) is 0. The number of aryl methyl sites for hydroxylation is 1. The summed E-state index contributed by atoms with van der Waals surface area (Å²) in [4.78, 5) is 10.7. The lowest BCUT2D eigenvalue weighted by molar-refractivity contribution is -0.146. The minimum Gasteiger partial charge on any atom is -0.479 e. The van der Waals surface area contributed by atoms with E-state index in [0.717, 1.165) is 29.3 Å². The summed E-state index contributed by atoms with van der Waals surface area (Å²) in [5, 5.41) is 18.3. The van der Waals surface area contributed by atoms with Gasteiger partial charge in [0, 0.05) is 4.47 Å². The molecule has 16 heavy (non-hydrogen) atoms. The first-order valence-corrected chi connectivity index (χ1v) is 6.11. The van der Waals surface area contributed by atoms with Gasteiger partial charge in [-0.1, -0.05) is 22.0 Å². The van der Waals surface area contributed by atoms with Gasteiger partial charge >= 0.3 is 5.97 Å². The molecule has 0 saturated heterocycles. The summed E-state index contributed by atoms with van der Waals surface area (Å²) in [6, 6.07) is 3.53. The zero-order chi connectivity index (χ0) is 11.7. The predicted octanol–water partition coefficient (Wildman–Crippen LogP) is 2.45. The molecule has 1 aliphatic carbocycles. The summed E-state index contributed by atoms with van der Waals surface area (Å²) >= 11 is 3.45. The normalized spacial score (nSPS) is 16.6. The number of hydrogen-bond acceptors (Lipinski definition) is 2. The minimum atomic E-state index is -1.43. The van der Waals surface area contributed by atoms with Gasteiger partial charge in [0.2, 0.25) is 0 Å². The number of fused-ring (bicyclic) bond motifs is 1. The van der Waals surface area contributed by atoms with Crippen molar-refractivity contribution in [3.63, 3.8) is 0 Å². The number of aliphatic carboxylic acids is 1. The standard InChI is InChI=1S/C12H13BrO3/c13-10-6-8(11(14)12(15)16)5-7-3-1-2-4-9(7)10/h5-6,11,14H,1-4H2,(H,15,16). The lowest BCUT2D eigenvalue weighted by Gasteiger charge is -2.19. The molecule has 0 fully saturated rings. The molecule has 0 aromatic heterocycles. The largest absolute Gasteiger partial charge is 0.479 e. The smallest absolute Gasteiger partial charge is 0.337 e. The molecule has 1 atom stereocenters. The van der Waals surface area contributed by atoms with Gasteiger partial charge in [-0.25, -0.2) is 4.79 Å². The number of aliphatic hydroxyl groups is 1. The first-order chi connectivity index (χ1) is 7.59. The van der Waals surface area contributed by atoms with Gasteiger partial charge in [0.25, 0.3) is 0 Å². The molecular weight excluding hydrogens is 272 g/mol. The maximum Gasteiger partial charge on any atom is 0.337 e. The first kappa shape index (κ1) is 11.6. The van der Waals surface area contributed by atoms with Crippen molar-refractivity contribution in [2.75, 3.05) is 0 Å². The van der Waals surface area contributed by atoms with Crippen molar-refractivity contribution in [3.8, 4) is 0 Å². The molecule has 1 aliphatic rings. The highest BCUT2D eigenvalue weighted by atomic mass is 79.9. The van der Waals surface area contributed by atoms with Crippen LogP contribution in [0.5, 0.6) is 0 Å². The molecule has 2 N–H and O–H groups in total. The Labute approximate surface area is 102 Å². The molecule has 1 aromatic carbocycles. The van der Waals surface area contributed by atoms with Crippen molar-refractivity contribution in [1.82, 2.24) is 0 Å². The Kier molecular flexibility index (Phi) is 3.30. The third-order valence-electron chi connectivity index (χ3n) is 2.98. The van der Waals surface area contributed by atoms with E-state index >= 15 is 0 Å². The number of hydrogen-bond donors (Lipinski definition) is 2. The van der Waals surface area contributed by atoms with Gasteiger partial charge in [0.15, 0.2) is 6.10 Å². The number of carboxylic acid groups (broad SMARTS) is 1. The van der Waals surface area contributed by atoms with Crippen LogP contribution >= 0.6 is 15.9 Å². The van der Waals surface area contributed by atoms with E-state index in [2.05, 4.69) is 15.9 Å². The lowest BCUT2D eigenvalue weighted by atomic mass is 9.89. The fourth-order valence-corrected chi connectivity index (χ4v) is 2.85. The molecule has 4 heteroatoms. The molecule has 0 spiro atoms. The third-order valence-corrected chi connectivity index (χ3v) is 3.69. The average Bonchev–Trinajstić information content (AvgIpc) is 2.28. The Balaban J connectivity index is 2.42.